The number of amides is 1. The maximum atomic E-state index is 12.2. The molecule has 0 radical (unpaired) electrons. The molecule has 0 aliphatic carbocycles. The topological polar surface area (TPSA) is 46.3 Å². The Morgan fingerprint density at radius 2 is 1.71 bits per heavy atom. The second-order valence-corrected chi connectivity index (χ2v) is 5.70. The minimum Gasteiger partial charge on any atom is -0.339 e. The van der Waals surface area contributed by atoms with Gasteiger partial charge in [-0.15, -0.1) is 0 Å². The predicted molar refractivity (Wildman–Crippen MR) is 73.7 cm³/mol. The molecule has 102 valence electrons. The summed E-state index contributed by atoms with van der Waals surface area (Å²) in [6, 6.07) is -0.134. The van der Waals surface area contributed by atoms with Crippen LogP contribution in [0.25, 0.3) is 0 Å². The molecule has 0 rings (SSSR count). The maximum Gasteiger partial charge on any atom is 0.239 e. The van der Waals surface area contributed by atoms with E-state index in [1.165, 1.54) is 0 Å². The third-order valence-electron chi connectivity index (χ3n) is 3.47. The van der Waals surface area contributed by atoms with Crippen LogP contribution in [0.1, 0.15) is 54.4 Å². The Morgan fingerprint density at radius 3 is 2.06 bits per heavy atom. The summed E-state index contributed by atoms with van der Waals surface area (Å²) < 4.78 is 0. The highest BCUT2D eigenvalue weighted by molar-refractivity contribution is 5.82. The fourth-order valence-corrected chi connectivity index (χ4v) is 1.66. The Kier molecular flexibility index (Phi) is 7.44. The summed E-state index contributed by atoms with van der Waals surface area (Å²) in [6.07, 6.45) is 2.22. The quantitative estimate of drug-likeness (QED) is 0.746. The summed E-state index contributed by atoms with van der Waals surface area (Å²) in [5, 5.41) is 0. The molecule has 0 aromatic heterocycles. The summed E-state index contributed by atoms with van der Waals surface area (Å²) in [6.45, 7) is 13.3. The molecule has 2 unspecified atom stereocenters. The lowest BCUT2D eigenvalue weighted by molar-refractivity contribution is -0.135. The molecule has 0 spiro atoms. The zero-order chi connectivity index (χ0) is 13.6. The Bertz CT molecular complexity index is 226. The van der Waals surface area contributed by atoms with E-state index in [0.29, 0.717) is 5.92 Å². The molecular weight excluding hydrogens is 212 g/mol. The van der Waals surface area contributed by atoms with Gasteiger partial charge in [-0.05, 0) is 32.1 Å². The molecule has 0 aliphatic heterocycles. The van der Waals surface area contributed by atoms with Gasteiger partial charge in [-0.3, -0.25) is 4.79 Å². The Balaban J connectivity index is 4.47. The van der Waals surface area contributed by atoms with Crippen LogP contribution in [-0.4, -0.2) is 29.4 Å². The summed E-state index contributed by atoms with van der Waals surface area (Å²) in [7, 11) is 0. The number of nitrogens with two attached hydrogens (primary N) is 1. The molecule has 0 aliphatic rings. The van der Waals surface area contributed by atoms with Crippen molar-refractivity contribution in [3.8, 4) is 0 Å². The van der Waals surface area contributed by atoms with Crippen LogP contribution < -0.4 is 5.73 Å². The van der Waals surface area contributed by atoms with Gasteiger partial charge < -0.3 is 10.6 Å². The first-order valence-corrected chi connectivity index (χ1v) is 6.87. The van der Waals surface area contributed by atoms with Crippen molar-refractivity contribution < 1.29 is 4.79 Å². The average Bonchev–Trinajstić information content (AvgIpc) is 2.26. The zero-order valence-electron chi connectivity index (χ0n) is 12.4. The van der Waals surface area contributed by atoms with Crippen molar-refractivity contribution in [2.45, 2.75) is 66.5 Å². The van der Waals surface area contributed by atoms with E-state index in [-0.39, 0.29) is 23.9 Å². The van der Waals surface area contributed by atoms with Gasteiger partial charge in [0.15, 0.2) is 0 Å². The van der Waals surface area contributed by atoms with Crippen LogP contribution in [0.15, 0.2) is 0 Å². The molecule has 0 saturated heterocycles. The van der Waals surface area contributed by atoms with Gasteiger partial charge in [0.25, 0.3) is 0 Å². The number of carbonyl (C=O) groups is 1. The van der Waals surface area contributed by atoms with Gasteiger partial charge in [0.05, 0.1) is 6.04 Å². The molecule has 0 aromatic carbocycles. The third-order valence-corrected chi connectivity index (χ3v) is 3.47. The molecule has 0 bridgehead atoms. The zero-order valence-corrected chi connectivity index (χ0v) is 12.4. The maximum absolute atomic E-state index is 12.2. The molecule has 0 aromatic rings. The van der Waals surface area contributed by atoms with E-state index >= 15 is 0 Å². The van der Waals surface area contributed by atoms with Crippen molar-refractivity contribution in [3.63, 3.8) is 0 Å². The van der Waals surface area contributed by atoms with E-state index in [1.807, 2.05) is 18.7 Å². The van der Waals surface area contributed by atoms with Gasteiger partial charge in [-0.2, -0.15) is 0 Å². The number of hydrogen-bond acceptors (Lipinski definition) is 2. The SMILES string of the molecule is CCC(C)CCN(C(=O)C(N)C(C)C)C(C)C. The number of carbonyl (C=O) groups excluding carboxylic acids is 1. The lowest BCUT2D eigenvalue weighted by Gasteiger charge is -2.31. The molecule has 1 amide bonds. The van der Waals surface area contributed by atoms with Gasteiger partial charge in [0.1, 0.15) is 0 Å². The first-order valence-electron chi connectivity index (χ1n) is 6.87. The van der Waals surface area contributed by atoms with Crippen molar-refractivity contribution in [2.24, 2.45) is 17.6 Å². The molecule has 2 atom stereocenters. The molecule has 0 heterocycles. The Labute approximate surface area is 107 Å². The van der Waals surface area contributed by atoms with Crippen molar-refractivity contribution in [3.05, 3.63) is 0 Å². The second-order valence-electron chi connectivity index (χ2n) is 5.70. The standard InChI is InChI=1S/C14H30N2O/c1-7-12(6)8-9-16(11(4)5)14(17)13(15)10(2)3/h10-13H,7-9,15H2,1-6H3. The van der Waals surface area contributed by atoms with Gasteiger partial charge in [-0.25, -0.2) is 0 Å². The van der Waals surface area contributed by atoms with E-state index in [1.54, 1.807) is 0 Å². The van der Waals surface area contributed by atoms with Crippen molar-refractivity contribution in [2.75, 3.05) is 6.54 Å². The summed E-state index contributed by atoms with van der Waals surface area (Å²) >= 11 is 0. The fourth-order valence-electron chi connectivity index (χ4n) is 1.66. The normalized spacial score (nSPS) is 15.1. The molecular formula is C14H30N2O. The van der Waals surface area contributed by atoms with E-state index < -0.39 is 0 Å². The second kappa shape index (κ2) is 7.70. The molecule has 0 saturated carbocycles. The molecule has 2 N–H and O–H groups in total. The molecule has 3 nitrogen and oxygen atoms in total. The number of nitrogens with zero attached hydrogens (tertiary/aromatic N) is 1. The third kappa shape index (κ3) is 5.53. The van der Waals surface area contributed by atoms with Crippen LogP contribution in [-0.2, 0) is 4.79 Å². The Morgan fingerprint density at radius 1 is 1.18 bits per heavy atom. The van der Waals surface area contributed by atoms with E-state index in [9.17, 15) is 4.79 Å². The van der Waals surface area contributed by atoms with Crippen LogP contribution >= 0.6 is 0 Å². The van der Waals surface area contributed by atoms with E-state index in [0.717, 1.165) is 19.4 Å². The van der Waals surface area contributed by atoms with Crippen LogP contribution in [0.3, 0.4) is 0 Å². The van der Waals surface area contributed by atoms with Crippen molar-refractivity contribution in [1.29, 1.82) is 0 Å². The van der Waals surface area contributed by atoms with Crippen molar-refractivity contribution in [1.82, 2.24) is 4.90 Å². The fraction of sp³-hybridized carbons (Fsp3) is 0.929. The lowest BCUT2D eigenvalue weighted by atomic mass is 10.0. The smallest absolute Gasteiger partial charge is 0.239 e. The molecule has 3 heteroatoms. The van der Waals surface area contributed by atoms with Crippen LogP contribution in [0, 0.1) is 11.8 Å². The molecule has 0 fully saturated rings. The molecule has 17 heavy (non-hydrogen) atoms. The predicted octanol–water partition coefficient (Wildman–Crippen LogP) is 2.64. The highest BCUT2D eigenvalue weighted by atomic mass is 16.2. The largest absolute Gasteiger partial charge is 0.339 e. The van der Waals surface area contributed by atoms with Gasteiger partial charge in [0.2, 0.25) is 5.91 Å². The van der Waals surface area contributed by atoms with E-state index in [2.05, 4.69) is 27.7 Å². The Hall–Kier alpha value is -0.570. The van der Waals surface area contributed by atoms with Crippen LogP contribution in [0.4, 0.5) is 0 Å². The van der Waals surface area contributed by atoms with Crippen LogP contribution in [0.2, 0.25) is 0 Å². The monoisotopic (exact) mass is 242 g/mol. The number of rotatable bonds is 7. The van der Waals surface area contributed by atoms with E-state index in [4.69, 9.17) is 5.73 Å². The summed E-state index contributed by atoms with van der Waals surface area (Å²) in [4.78, 5) is 14.2. The minimum atomic E-state index is -0.366. The minimum absolute atomic E-state index is 0.0957. The average molecular weight is 242 g/mol. The van der Waals surface area contributed by atoms with Gasteiger partial charge >= 0.3 is 0 Å². The summed E-state index contributed by atoms with van der Waals surface area (Å²) in [5.74, 6) is 0.963. The highest BCUT2D eigenvalue weighted by Crippen LogP contribution is 2.12. The first-order chi connectivity index (χ1) is 7.81. The highest BCUT2D eigenvalue weighted by Gasteiger charge is 2.25. The van der Waals surface area contributed by atoms with Gasteiger partial charge in [-0.1, -0.05) is 34.1 Å². The first kappa shape index (κ1) is 16.4. The number of hydrogen-bond donors (Lipinski definition) is 1. The van der Waals surface area contributed by atoms with Crippen LogP contribution in [0.5, 0.6) is 0 Å². The lowest BCUT2D eigenvalue weighted by Crippen LogP contribution is -2.49. The van der Waals surface area contributed by atoms with Gasteiger partial charge in [0, 0.05) is 12.6 Å². The summed E-state index contributed by atoms with van der Waals surface area (Å²) in [5.41, 5.74) is 5.95. The van der Waals surface area contributed by atoms with Crippen molar-refractivity contribution >= 4 is 5.91 Å².